The van der Waals surface area contributed by atoms with E-state index in [0.29, 0.717) is 60.9 Å². The van der Waals surface area contributed by atoms with Crippen LogP contribution in [0.15, 0.2) is 47.3 Å². The summed E-state index contributed by atoms with van der Waals surface area (Å²) in [6.45, 7) is 2.18. The summed E-state index contributed by atoms with van der Waals surface area (Å²) in [6, 6.07) is 12.1. The van der Waals surface area contributed by atoms with Crippen LogP contribution in [0.1, 0.15) is 55.0 Å². The number of aryl methyl sites for hydroxylation is 1. The summed E-state index contributed by atoms with van der Waals surface area (Å²) in [5.74, 6) is -0.983. The van der Waals surface area contributed by atoms with Gasteiger partial charge in [0.15, 0.2) is 0 Å². The van der Waals surface area contributed by atoms with Crippen molar-refractivity contribution in [1.29, 1.82) is 5.41 Å². The topological polar surface area (TPSA) is 160 Å². The lowest BCUT2D eigenvalue weighted by atomic mass is 9.93. The lowest BCUT2D eigenvalue weighted by Crippen LogP contribution is -2.50. The molecule has 2 fully saturated rings. The molecule has 11 nitrogen and oxygen atoms in total. The van der Waals surface area contributed by atoms with Crippen molar-refractivity contribution in [3.63, 3.8) is 0 Å². The molecule has 1 aliphatic heterocycles. The number of nitrogens with zero attached hydrogens (tertiary/aromatic N) is 3. The maximum absolute atomic E-state index is 13.9. The number of carbonyl (C=O) groups is 3. The first-order valence-corrected chi connectivity index (χ1v) is 13.8. The number of likely N-dealkylation sites (tertiary alicyclic amines) is 1. The Bertz CT molecular complexity index is 1590. The average Bonchev–Trinajstić information content (AvgIpc) is 3.63. The zero-order chi connectivity index (χ0) is 29.3. The molecule has 0 radical (unpaired) electrons. The molecule has 41 heavy (non-hydrogen) atoms. The maximum atomic E-state index is 13.9. The number of rotatable bonds is 9. The summed E-state index contributed by atoms with van der Waals surface area (Å²) >= 11 is 0. The number of aromatic nitrogens is 2. The molecule has 1 aromatic heterocycles. The number of fused-ring (bicyclic) bond motifs is 1. The minimum absolute atomic E-state index is 0.0232. The van der Waals surface area contributed by atoms with E-state index in [1.807, 2.05) is 30.3 Å². The highest BCUT2D eigenvalue weighted by molar-refractivity contribution is 5.97. The van der Waals surface area contributed by atoms with Crippen molar-refractivity contribution in [2.75, 3.05) is 19.7 Å². The van der Waals surface area contributed by atoms with E-state index in [0.717, 1.165) is 11.1 Å². The van der Waals surface area contributed by atoms with Crippen LogP contribution in [0.4, 0.5) is 0 Å². The Morgan fingerprint density at radius 1 is 1.17 bits per heavy atom. The summed E-state index contributed by atoms with van der Waals surface area (Å²) in [6.07, 6.45) is 2.87. The van der Waals surface area contributed by atoms with E-state index in [4.69, 9.17) is 20.9 Å². The van der Waals surface area contributed by atoms with Gasteiger partial charge < -0.3 is 25.3 Å². The molecular weight excluding hydrogens is 524 g/mol. The normalized spacial score (nSPS) is 17.3. The van der Waals surface area contributed by atoms with Crippen LogP contribution in [-0.2, 0) is 38.0 Å². The third-order valence-electron chi connectivity index (χ3n) is 8.02. The lowest BCUT2D eigenvalue weighted by molar-refractivity contribution is -0.144. The Labute approximate surface area is 237 Å². The van der Waals surface area contributed by atoms with Crippen LogP contribution in [0.2, 0.25) is 0 Å². The van der Waals surface area contributed by atoms with Crippen LogP contribution >= 0.6 is 0 Å². The molecule has 4 N–H and O–H groups in total. The molecule has 11 heteroatoms. The molecule has 1 saturated heterocycles. The van der Waals surface area contributed by atoms with E-state index < -0.39 is 17.4 Å². The average molecular weight is 559 g/mol. The first kappa shape index (κ1) is 28.0. The number of nitrogens with one attached hydrogen (secondary N) is 2. The van der Waals surface area contributed by atoms with Crippen LogP contribution in [0.25, 0.3) is 11.0 Å². The predicted octanol–water partition coefficient (Wildman–Crippen LogP) is 1.51. The summed E-state index contributed by atoms with van der Waals surface area (Å²) in [7, 11) is 1.70. The van der Waals surface area contributed by atoms with Crippen LogP contribution < -0.4 is 16.6 Å². The van der Waals surface area contributed by atoms with Gasteiger partial charge in [-0.1, -0.05) is 30.3 Å². The van der Waals surface area contributed by atoms with Crippen molar-refractivity contribution in [3.8, 4) is 0 Å². The molecule has 3 aromatic rings. The van der Waals surface area contributed by atoms with Gasteiger partial charge in [0.1, 0.15) is 24.1 Å². The fourth-order valence-electron chi connectivity index (χ4n) is 5.60. The minimum atomic E-state index is -0.739. The Morgan fingerprint density at radius 2 is 1.90 bits per heavy atom. The number of esters is 1. The van der Waals surface area contributed by atoms with Crippen molar-refractivity contribution in [3.05, 3.63) is 75.2 Å². The van der Waals surface area contributed by atoms with E-state index in [2.05, 4.69) is 5.32 Å². The number of benzene rings is 2. The second kappa shape index (κ2) is 11.1. The number of carbonyl (C=O) groups excluding carboxylic acids is 3. The third kappa shape index (κ3) is 5.44. The van der Waals surface area contributed by atoms with Crippen molar-refractivity contribution < 1.29 is 19.1 Å². The molecule has 0 spiro atoms. The zero-order valence-corrected chi connectivity index (χ0v) is 23.2. The van der Waals surface area contributed by atoms with E-state index in [1.54, 1.807) is 35.6 Å². The van der Waals surface area contributed by atoms with Gasteiger partial charge >= 0.3 is 5.97 Å². The zero-order valence-electron chi connectivity index (χ0n) is 23.2. The Hall–Kier alpha value is -4.54. The second-order valence-electron chi connectivity index (χ2n) is 10.7. The van der Waals surface area contributed by atoms with Gasteiger partial charge in [-0.3, -0.25) is 24.6 Å². The van der Waals surface area contributed by atoms with E-state index in [1.165, 1.54) is 0 Å². The van der Waals surface area contributed by atoms with Gasteiger partial charge in [-0.15, -0.1) is 0 Å². The summed E-state index contributed by atoms with van der Waals surface area (Å²) in [4.78, 5) is 57.9. The van der Waals surface area contributed by atoms with Crippen LogP contribution in [0.3, 0.4) is 0 Å². The molecule has 5 rings (SSSR count). The fourth-order valence-corrected chi connectivity index (χ4v) is 5.60. The van der Waals surface area contributed by atoms with Gasteiger partial charge in [-0.25, -0.2) is 4.98 Å². The van der Waals surface area contributed by atoms with Gasteiger partial charge in [0.2, 0.25) is 11.8 Å². The van der Waals surface area contributed by atoms with Gasteiger partial charge in [0.25, 0.3) is 5.56 Å². The molecule has 2 aliphatic rings. The highest BCUT2D eigenvalue weighted by atomic mass is 16.5. The minimum Gasteiger partial charge on any atom is -0.465 e. The number of nitrogens with two attached hydrogens (primary N) is 1. The number of nitrogen functional groups attached to an aromatic ring is 1. The third-order valence-corrected chi connectivity index (χ3v) is 8.02. The van der Waals surface area contributed by atoms with Gasteiger partial charge in [0.05, 0.1) is 23.1 Å². The van der Waals surface area contributed by atoms with E-state index in [9.17, 15) is 19.2 Å². The molecule has 2 heterocycles. The van der Waals surface area contributed by atoms with E-state index >= 15 is 0 Å². The van der Waals surface area contributed by atoms with Crippen molar-refractivity contribution in [1.82, 2.24) is 19.8 Å². The first-order valence-electron chi connectivity index (χ1n) is 13.8. The number of ether oxygens (including phenoxy) is 1. The molecular formula is C30H34N6O5. The standard InChI is InChI=1S/C30H34N6O5/c1-3-41-25(37)17-33-27(38)24-5-4-14-36(24)29(40)30(12-13-30)20-10-11-23-21(16-20)34-22(28(39)35(23)2)15-18-6-8-19(9-7-18)26(31)32/h6-11,16,24H,3-5,12-15,17H2,1-2H3,(H3,31,32)(H,33,38). The Kier molecular flexibility index (Phi) is 7.61. The number of amidine groups is 1. The summed E-state index contributed by atoms with van der Waals surface area (Å²) < 4.78 is 6.45. The second-order valence-corrected chi connectivity index (χ2v) is 10.7. The molecule has 1 atom stereocenters. The smallest absolute Gasteiger partial charge is 0.325 e. The fraction of sp³-hybridized carbons (Fsp3) is 0.400. The molecule has 1 unspecified atom stereocenters. The monoisotopic (exact) mass is 558 g/mol. The van der Waals surface area contributed by atoms with E-state index in [-0.39, 0.29) is 36.4 Å². The van der Waals surface area contributed by atoms with Crippen LogP contribution in [-0.4, -0.2) is 63.8 Å². The quantitative estimate of drug-likeness (QED) is 0.204. The molecule has 2 amide bonds. The number of hydrogen-bond donors (Lipinski definition) is 3. The molecule has 214 valence electrons. The highest BCUT2D eigenvalue weighted by Gasteiger charge is 2.55. The van der Waals surface area contributed by atoms with Crippen molar-refractivity contribution in [2.45, 2.75) is 50.5 Å². The van der Waals surface area contributed by atoms with Gasteiger partial charge in [0, 0.05) is 25.6 Å². The predicted molar refractivity (Wildman–Crippen MR) is 153 cm³/mol. The molecule has 2 aromatic carbocycles. The lowest BCUT2D eigenvalue weighted by Gasteiger charge is -2.28. The van der Waals surface area contributed by atoms with Gasteiger partial charge in [-0.2, -0.15) is 0 Å². The van der Waals surface area contributed by atoms with Crippen LogP contribution in [0, 0.1) is 5.41 Å². The number of hydrogen-bond acceptors (Lipinski definition) is 7. The number of amides is 2. The highest BCUT2D eigenvalue weighted by Crippen LogP contribution is 2.51. The Morgan fingerprint density at radius 3 is 2.56 bits per heavy atom. The van der Waals surface area contributed by atoms with Gasteiger partial charge in [-0.05, 0) is 55.9 Å². The first-order chi connectivity index (χ1) is 19.6. The van der Waals surface area contributed by atoms with Crippen molar-refractivity contribution >= 4 is 34.7 Å². The summed E-state index contributed by atoms with van der Waals surface area (Å²) in [5, 5.41) is 10.2. The SMILES string of the molecule is CCOC(=O)CNC(=O)C1CCCN1C(=O)C1(c2ccc3c(c2)nc(Cc2ccc(C(=N)N)cc2)c(=O)n3C)CC1. The molecule has 1 saturated carbocycles. The summed E-state index contributed by atoms with van der Waals surface area (Å²) in [5.41, 5.74) is 8.55. The largest absolute Gasteiger partial charge is 0.465 e. The molecule has 0 bridgehead atoms. The maximum Gasteiger partial charge on any atom is 0.325 e. The molecule has 1 aliphatic carbocycles. The van der Waals surface area contributed by atoms with Crippen molar-refractivity contribution in [2.24, 2.45) is 12.8 Å². The van der Waals surface area contributed by atoms with Crippen LogP contribution in [0.5, 0.6) is 0 Å². The Balaban J connectivity index is 1.39.